The van der Waals surface area contributed by atoms with Gasteiger partial charge in [-0.2, -0.15) is 11.8 Å². The van der Waals surface area contributed by atoms with Gasteiger partial charge in [0.15, 0.2) is 0 Å². The van der Waals surface area contributed by atoms with Gasteiger partial charge in [-0.3, -0.25) is 0 Å². The first-order valence-electron chi connectivity index (χ1n) is 4.71. The second-order valence-electron chi connectivity index (χ2n) is 3.79. The van der Waals surface area contributed by atoms with Crippen molar-refractivity contribution >= 4 is 11.8 Å². The molecule has 2 rings (SSSR count). The van der Waals surface area contributed by atoms with E-state index < -0.39 is 0 Å². The maximum atomic E-state index is 9.54. The van der Waals surface area contributed by atoms with Crippen LogP contribution in [0.4, 0.5) is 0 Å². The summed E-state index contributed by atoms with van der Waals surface area (Å²) < 4.78 is 5.80. The molecule has 0 bridgehead atoms. The summed E-state index contributed by atoms with van der Waals surface area (Å²) in [5, 5.41) is 9.54. The number of hydrogen-bond acceptors (Lipinski definition) is 3. The summed E-state index contributed by atoms with van der Waals surface area (Å²) in [4.78, 5) is 0. The standard InChI is InChI=1S/C9H16O2S/c10-8-1-4-11-9(7-8)2-5-12-6-3-9/h8,10H,1-7H2. The molecule has 2 aliphatic rings. The molecule has 1 N–H and O–H groups in total. The van der Waals surface area contributed by atoms with Gasteiger partial charge in [0.25, 0.3) is 0 Å². The lowest BCUT2D eigenvalue weighted by Crippen LogP contribution is -2.44. The zero-order valence-electron chi connectivity index (χ0n) is 7.29. The molecular weight excluding hydrogens is 172 g/mol. The van der Waals surface area contributed by atoms with Gasteiger partial charge in [0.05, 0.1) is 11.7 Å². The number of rotatable bonds is 0. The van der Waals surface area contributed by atoms with Crippen LogP contribution in [0.25, 0.3) is 0 Å². The van der Waals surface area contributed by atoms with Crippen LogP contribution in [0.3, 0.4) is 0 Å². The minimum atomic E-state index is -0.109. The van der Waals surface area contributed by atoms with E-state index in [2.05, 4.69) is 0 Å². The molecule has 0 saturated carbocycles. The Morgan fingerprint density at radius 2 is 2.08 bits per heavy atom. The molecule has 2 nitrogen and oxygen atoms in total. The largest absolute Gasteiger partial charge is 0.393 e. The van der Waals surface area contributed by atoms with E-state index >= 15 is 0 Å². The topological polar surface area (TPSA) is 29.5 Å². The molecule has 70 valence electrons. The zero-order chi connectivity index (χ0) is 8.44. The second kappa shape index (κ2) is 3.56. The molecule has 0 aromatic heterocycles. The average molecular weight is 188 g/mol. The van der Waals surface area contributed by atoms with Crippen molar-refractivity contribution in [3.63, 3.8) is 0 Å². The third kappa shape index (κ3) is 1.78. The number of ether oxygens (including phenoxy) is 1. The normalized spacial score (nSPS) is 35.2. The van der Waals surface area contributed by atoms with Gasteiger partial charge in [0, 0.05) is 13.0 Å². The Morgan fingerprint density at radius 3 is 2.75 bits per heavy atom. The van der Waals surface area contributed by atoms with Crippen molar-refractivity contribution in [1.82, 2.24) is 0 Å². The van der Waals surface area contributed by atoms with Crippen molar-refractivity contribution in [3.05, 3.63) is 0 Å². The number of thioether (sulfide) groups is 1. The minimum absolute atomic E-state index is 0.0584. The molecule has 0 aliphatic carbocycles. The summed E-state index contributed by atoms with van der Waals surface area (Å²) in [7, 11) is 0. The van der Waals surface area contributed by atoms with Crippen LogP contribution in [-0.2, 0) is 4.74 Å². The molecule has 0 radical (unpaired) electrons. The fourth-order valence-corrected chi connectivity index (χ4v) is 3.33. The maximum absolute atomic E-state index is 9.54. The highest BCUT2D eigenvalue weighted by atomic mass is 32.2. The van der Waals surface area contributed by atoms with Crippen molar-refractivity contribution < 1.29 is 9.84 Å². The summed E-state index contributed by atoms with van der Waals surface area (Å²) in [6.07, 6.45) is 3.85. The van der Waals surface area contributed by atoms with E-state index in [1.807, 2.05) is 11.8 Å². The molecule has 12 heavy (non-hydrogen) atoms. The quantitative estimate of drug-likeness (QED) is 0.623. The molecule has 0 aromatic carbocycles. The van der Waals surface area contributed by atoms with Crippen LogP contribution in [-0.4, -0.2) is 34.9 Å². The highest BCUT2D eigenvalue weighted by Gasteiger charge is 2.37. The fourth-order valence-electron chi connectivity index (χ4n) is 2.09. The average Bonchev–Trinajstić information content (AvgIpc) is 2.05. The molecule has 2 aliphatic heterocycles. The van der Waals surface area contributed by atoms with Gasteiger partial charge >= 0.3 is 0 Å². The number of hydrogen-bond donors (Lipinski definition) is 1. The third-order valence-corrected chi connectivity index (χ3v) is 3.86. The van der Waals surface area contributed by atoms with Gasteiger partial charge in [-0.15, -0.1) is 0 Å². The first kappa shape index (κ1) is 8.85. The van der Waals surface area contributed by atoms with Crippen LogP contribution in [0.5, 0.6) is 0 Å². The van der Waals surface area contributed by atoms with Crippen LogP contribution < -0.4 is 0 Å². The van der Waals surface area contributed by atoms with Gasteiger partial charge < -0.3 is 9.84 Å². The summed E-state index contributed by atoms with van der Waals surface area (Å²) in [6, 6.07) is 0. The predicted molar refractivity (Wildman–Crippen MR) is 50.5 cm³/mol. The first-order chi connectivity index (χ1) is 5.81. The van der Waals surface area contributed by atoms with Gasteiger partial charge in [-0.05, 0) is 30.8 Å². The number of aliphatic hydroxyl groups is 1. The van der Waals surface area contributed by atoms with Crippen molar-refractivity contribution in [3.8, 4) is 0 Å². The Balaban J connectivity index is 1.97. The van der Waals surface area contributed by atoms with Gasteiger partial charge in [0.2, 0.25) is 0 Å². The highest BCUT2D eigenvalue weighted by Crippen LogP contribution is 2.37. The molecule has 2 fully saturated rings. The third-order valence-electron chi connectivity index (χ3n) is 2.87. The Morgan fingerprint density at radius 1 is 1.33 bits per heavy atom. The van der Waals surface area contributed by atoms with E-state index in [1.54, 1.807) is 0 Å². The van der Waals surface area contributed by atoms with Crippen molar-refractivity contribution in [1.29, 1.82) is 0 Å². The summed E-state index contributed by atoms with van der Waals surface area (Å²) >= 11 is 2.00. The van der Waals surface area contributed by atoms with Crippen LogP contribution >= 0.6 is 11.8 Å². The SMILES string of the molecule is OC1CCOC2(CCSCC2)C1. The van der Waals surface area contributed by atoms with Crippen LogP contribution in [0.1, 0.15) is 25.7 Å². The van der Waals surface area contributed by atoms with Crippen LogP contribution in [0.2, 0.25) is 0 Å². The first-order valence-corrected chi connectivity index (χ1v) is 5.86. The van der Waals surface area contributed by atoms with Gasteiger partial charge in [0.1, 0.15) is 0 Å². The molecule has 0 amide bonds. The van der Waals surface area contributed by atoms with E-state index in [-0.39, 0.29) is 11.7 Å². The highest BCUT2D eigenvalue weighted by molar-refractivity contribution is 7.99. The van der Waals surface area contributed by atoms with E-state index in [4.69, 9.17) is 4.74 Å². The van der Waals surface area contributed by atoms with Gasteiger partial charge in [-0.1, -0.05) is 0 Å². The summed E-state index contributed by atoms with van der Waals surface area (Å²) in [5.41, 5.74) is 0.0584. The lowest BCUT2D eigenvalue weighted by atomic mass is 9.87. The molecule has 0 aromatic rings. The van der Waals surface area contributed by atoms with Crippen LogP contribution in [0, 0.1) is 0 Å². The lowest BCUT2D eigenvalue weighted by molar-refractivity contribution is -0.121. The van der Waals surface area contributed by atoms with Crippen molar-refractivity contribution in [2.75, 3.05) is 18.1 Å². The van der Waals surface area contributed by atoms with E-state index in [0.29, 0.717) is 0 Å². The Kier molecular flexibility index (Phi) is 2.63. The number of aliphatic hydroxyl groups excluding tert-OH is 1. The molecular formula is C9H16O2S. The lowest BCUT2D eigenvalue weighted by Gasteiger charge is -2.41. The van der Waals surface area contributed by atoms with E-state index in [1.165, 1.54) is 11.5 Å². The van der Waals surface area contributed by atoms with Crippen molar-refractivity contribution in [2.45, 2.75) is 37.4 Å². The molecule has 1 atom stereocenters. The Labute approximate surface area is 77.7 Å². The monoisotopic (exact) mass is 188 g/mol. The fraction of sp³-hybridized carbons (Fsp3) is 1.00. The second-order valence-corrected chi connectivity index (χ2v) is 5.02. The Hall–Kier alpha value is 0.270. The van der Waals surface area contributed by atoms with Gasteiger partial charge in [-0.25, -0.2) is 0 Å². The Bertz CT molecular complexity index is 149. The predicted octanol–water partition coefficient (Wildman–Crippen LogP) is 1.42. The van der Waals surface area contributed by atoms with E-state index in [9.17, 15) is 5.11 Å². The molecule has 2 heterocycles. The van der Waals surface area contributed by atoms with E-state index in [0.717, 1.165) is 32.3 Å². The zero-order valence-corrected chi connectivity index (χ0v) is 8.11. The minimum Gasteiger partial charge on any atom is -0.393 e. The smallest absolute Gasteiger partial charge is 0.0722 e. The molecule has 3 heteroatoms. The summed E-state index contributed by atoms with van der Waals surface area (Å²) in [5.74, 6) is 2.40. The van der Waals surface area contributed by atoms with Crippen LogP contribution in [0.15, 0.2) is 0 Å². The molecule has 1 spiro atoms. The van der Waals surface area contributed by atoms with Crippen molar-refractivity contribution in [2.24, 2.45) is 0 Å². The summed E-state index contributed by atoms with van der Waals surface area (Å²) in [6.45, 7) is 0.756. The maximum Gasteiger partial charge on any atom is 0.0722 e. The molecule has 1 unspecified atom stereocenters. The molecule has 2 saturated heterocycles.